The first-order valence-electron chi connectivity index (χ1n) is 6.24. The highest BCUT2D eigenvalue weighted by atomic mass is 15.2. The standard InChI is InChI=1S/C13H22N4/c1-9-7-13(2,3)10-8-15-12(16-11(9)10)17(4)6-5-14/h8-9H,5-7,14H2,1-4H3. The third kappa shape index (κ3) is 2.14. The van der Waals surface area contributed by atoms with Gasteiger partial charge in [0, 0.05) is 26.3 Å². The number of rotatable bonds is 3. The Morgan fingerprint density at radius 1 is 1.53 bits per heavy atom. The molecule has 0 saturated carbocycles. The van der Waals surface area contributed by atoms with Gasteiger partial charge in [-0.15, -0.1) is 0 Å². The van der Waals surface area contributed by atoms with E-state index in [-0.39, 0.29) is 5.41 Å². The molecule has 0 amide bonds. The van der Waals surface area contributed by atoms with Crippen LogP contribution in [0.4, 0.5) is 5.95 Å². The average Bonchev–Trinajstić information content (AvgIpc) is 2.49. The minimum Gasteiger partial charge on any atom is -0.343 e. The smallest absolute Gasteiger partial charge is 0.225 e. The van der Waals surface area contributed by atoms with Gasteiger partial charge in [0.15, 0.2) is 0 Å². The minimum atomic E-state index is 0.208. The van der Waals surface area contributed by atoms with Crippen molar-refractivity contribution in [1.82, 2.24) is 9.97 Å². The summed E-state index contributed by atoms with van der Waals surface area (Å²) in [6.45, 7) is 8.19. The van der Waals surface area contributed by atoms with Crippen LogP contribution in [0.1, 0.15) is 44.4 Å². The van der Waals surface area contributed by atoms with E-state index in [2.05, 4.69) is 25.8 Å². The molecule has 17 heavy (non-hydrogen) atoms. The average molecular weight is 234 g/mol. The Labute approximate surface area is 103 Å². The minimum absolute atomic E-state index is 0.208. The van der Waals surface area contributed by atoms with E-state index in [0.29, 0.717) is 12.5 Å². The zero-order valence-corrected chi connectivity index (χ0v) is 11.2. The van der Waals surface area contributed by atoms with Crippen LogP contribution in [0.25, 0.3) is 0 Å². The number of nitrogens with zero attached hydrogens (tertiary/aromatic N) is 3. The summed E-state index contributed by atoms with van der Waals surface area (Å²) in [5.74, 6) is 1.31. The van der Waals surface area contributed by atoms with Gasteiger partial charge < -0.3 is 10.6 Å². The molecule has 0 spiro atoms. The van der Waals surface area contributed by atoms with Crippen LogP contribution >= 0.6 is 0 Å². The van der Waals surface area contributed by atoms with Gasteiger partial charge in [0.1, 0.15) is 0 Å². The van der Waals surface area contributed by atoms with Gasteiger partial charge in [-0.3, -0.25) is 0 Å². The van der Waals surface area contributed by atoms with E-state index in [0.717, 1.165) is 18.9 Å². The van der Waals surface area contributed by atoms with E-state index >= 15 is 0 Å². The molecule has 1 aromatic heterocycles. The van der Waals surface area contributed by atoms with Crippen LogP contribution in [0, 0.1) is 0 Å². The predicted octanol–water partition coefficient (Wildman–Crippen LogP) is 1.66. The van der Waals surface area contributed by atoms with Gasteiger partial charge in [-0.25, -0.2) is 9.97 Å². The van der Waals surface area contributed by atoms with Crippen LogP contribution in [0.3, 0.4) is 0 Å². The van der Waals surface area contributed by atoms with Crippen molar-refractivity contribution in [3.8, 4) is 0 Å². The molecule has 0 bridgehead atoms. The van der Waals surface area contributed by atoms with Crippen molar-refractivity contribution in [1.29, 1.82) is 0 Å². The zero-order chi connectivity index (χ0) is 12.6. The number of hydrogen-bond acceptors (Lipinski definition) is 4. The van der Waals surface area contributed by atoms with Gasteiger partial charge in [-0.1, -0.05) is 20.8 Å². The molecule has 0 aromatic carbocycles. The maximum absolute atomic E-state index is 5.55. The molecule has 0 aliphatic heterocycles. The van der Waals surface area contributed by atoms with Gasteiger partial charge in [0.25, 0.3) is 0 Å². The van der Waals surface area contributed by atoms with Crippen LogP contribution in [-0.2, 0) is 5.41 Å². The molecular formula is C13H22N4. The lowest BCUT2D eigenvalue weighted by molar-refractivity contribution is 0.488. The molecule has 2 rings (SSSR count). The Morgan fingerprint density at radius 3 is 2.88 bits per heavy atom. The third-order valence-corrected chi connectivity index (χ3v) is 3.62. The highest BCUT2D eigenvalue weighted by Gasteiger charge is 2.36. The highest BCUT2D eigenvalue weighted by Crippen LogP contribution is 2.44. The van der Waals surface area contributed by atoms with E-state index in [1.807, 2.05) is 18.1 Å². The normalized spacial score (nSPS) is 21.4. The Hall–Kier alpha value is -1.16. The second kappa shape index (κ2) is 4.26. The molecule has 1 atom stereocenters. The first kappa shape index (κ1) is 12.3. The molecule has 1 aliphatic carbocycles. The molecule has 1 heterocycles. The Kier molecular flexibility index (Phi) is 3.08. The van der Waals surface area contributed by atoms with E-state index < -0.39 is 0 Å². The molecule has 1 aromatic rings. The topological polar surface area (TPSA) is 55.0 Å². The number of nitrogens with two attached hydrogens (primary N) is 1. The van der Waals surface area contributed by atoms with Crippen LogP contribution < -0.4 is 10.6 Å². The lowest BCUT2D eigenvalue weighted by Gasteiger charge is -2.20. The number of fused-ring (bicyclic) bond motifs is 1. The van der Waals surface area contributed by atoms with Crippen molar-refractivity contribution in [2.75, 3.05) is 25.0 Å². The second-order valence-corrected chi connectivity index (χ2v) is 5.67. The lowest BCUT2D eigenvalue weighted by Crippen LogP contribution is -2.27. The van der Waals surface area contributed by atoms with Gasteiger partial charge in [-0.2, -0.15) is 0 Å². The Balaban J connectivity index is 2.35. The fourth-order valence-corrected chi connectivity index (χ4v) is 2.73. The summed E-state index contributed by atoms with van der Waals surface area (Å²) in [4.78, 5) is 11.2. The monoisotopic (exact) mass is 234 g/mol. The lowest BCUT2D eigenvalue weighted by atomic mass is 9.87. The summed E-state index contributed by atoms with van der Waals surface area (Å²) >= 11 is 0. The van der Waals surface area contributed by atoms with Gasteiger partial charge in [0.05, 0.1) is 5.69 Å². The molecule has 4 heteroatoms. The van der Waals surface area contributed by atoms with Crippen molar-refractivity contribution in [2.24, 2.45) is 5.73 Å². The fraction of sp³-hybridized carbons (Fsp3) is 0.692. The molecule has 4 nitrogen and oxygen atoms in total. The van der Waals surface area contributed by atoms with Crippen molar-refractivity contribution in [2.45, 2.75) is 38.5 Å². The summed E-state index contributed by atoms with van der Waals surface area (Å²) in [5, 5.41) is 0. The fourth-order valence-electron chi connectivity index (χ4n) is 2.73. The van der Waals surface area contributed by atoms with Crippen molar-refractivity contribution in [3.05, 3.63) is 17.5 Å². The number of aromatic nitrogens is 2. The summed E-state index contributed by atoms with van der Waals surface area (Å²) in [5.41, 5.74) is 8.27. The van der Waals surface area contributed by atoms with E-state index in [9.17, 15) is 0 Å². The van der Waals surface area contributed by atoms with Gasteiger partial charge in [0.2, 0.25) is 5.95 Å². The van der Waals surface area contributed by atoms with Crippen molar-refractivity contribution >= 4 is 5.95 Å². The van der Waals surface area contributed by atoms with Gasteiger partial charge in [-0.05, 0) is 23.3 Å². The van der Waals surface area contributed by atoms with Crippen molar-refractivity contribution in [3.63, 3.8) is 0 Å². The quantitative estimate of drug-likeness (QED) is 0.864. The van der Waals surface area contributed by atoms with E-state index in [1.165, 1.54) is 11.3 Å². The summed E-state index contributed by atoms with van der Waals surface area (Å²) in [6.07, 6.45) is 3.15. The van der Waals surface area contributed by atoms with E-state index in [4.69, 9.17) is 10.7 Å². The molecule has 0 radical (unpaired) electrons. The molecule has 1 unspecified atom stereocenters. The first-order chi connectivity index (χ1) is 7.95. The maximum Gasteiger partial charge on any atom is 0.225 e. The SMILES string of the molecule is CC1CC(C)(C)c2cnc(N(C)CCN)nc21. The molecule has 0 fully saturated rings. The van der Waals surface area contributed by atoms with Gasteiger partial charge >= 0.3 is 0 Å². The predicted molar refractivity (Wildman–Crippen MR) is 70.4 cm³/mol. The van der Waals surface area contributed by atoms with Crippen LogP contribution in [-0.4, -0.2) is 30.1 Å². The second-order valence-electron chi connectivity index (χ2n) is 5.67. The van der Waals surface area contributed by atoms with Crippen LogP contribution in [0.5, 0.6) is 0 Å². The largest absolute Gasteiger partial charge is 0.343 e. The zero-order valence-electron chi connectivity index (χ0n) is 11.2. The number of hydrogen-bond donors (Lipinski definition) is 1. The molecule has 0 saturated heterocycles. The molecule has 1 aliphatic rings. The molecule has 2 N–H and O–H groups in total. The highest BCUT2D eigenvalue weighted by molar-refractivity contribution is 5.40. The number of likely N-dealkylation sites (N-methyl/N-ethyl adjacent to an activating group) is 1. The van der Waals surface area contributed by atoms with Crippen LogP contribution in [0.2, 0.25) is 0 Å². The van der Waals surface area contributed by atoms with Crippen molar-refractivity contribution < 1.29 is 0 Å². The summed E-state index contributed by atoms with van der Waals surface area (Å²) < 4.78 is 0. The molecular weight excluding hydrogens is 212 g/mol. The Morgan fingerprint density at radius 2 is 2.24 bits per heavy atom. The van der Waals surface area contributed by atoms with E-state index in [1.54, 1.807) is 0 Å². The summed E-state index contributed by atoms with van der Waals surface area (Å²) in [7, 11) is 1.99. The Bertz CT molecular complexity index is 414. The summed E-state index contributed by atoms with van der Waals surface area (Å²) in [6, 6.07) is 0. The molecule has 94 valence electrons. The number of anilines is 1. The van der Waals surface area contributed by atoms with Crippen LogP contribution in [0.15, 0.2) is 6.20 Å². The maximum atomic E-state index is 5.55. The third-order valence-electron chi connectivity index (χ3n) is 3.62. The first-order valence-corrected chi connectivity index (χ1v) is 6.24.